The Labute approximate surface area is 117 Å². The van der Waals surface area contributed by atoms with Gasteiger partial charge in [0.2, 0.25) is 0 Å². The van der Waals surface area contributed by atoms with Gasteiger partial charge in [0.25, 0.3) is 0 Å². The number of hydrogen-bond acceptors (Lipinski definition) is 4. The molecule has 4 nitrogen and oxygen atoms in total. The summed E-state index contributed by atoms with van der Waals surface area (Å²) in [6.45, 7) is 6.84. The zero-order valence-electron chi connectivity index (χ0n) is 12.8. The summed E-state index contributed by atoms with van der Waals surface area (Å²) in [6, 6.07) is 0. The van der Waals surface area contributed by atoms with E-state index in [1.54, 1.807) is 7.11 Å². The van der Waals surface area contributed by atoms with E-state index in [-0.39, 0.29) is 6.10 Å². The summed E-state index contributed by atoms with van der Waals surface area (Å²) in [5, 5.41) is 13.2. The maximum Gasteiger partial charge on any atom is 0.0897 e. The third-order valence-corrected chi connectivity index (χ3v) is 3.97. The van der Waals surface area contributed by atoms with E-state index in [1.807, 2.05) is 6.92 Å². The maximum absolute atomic E-state index is 9.85. The van der Waals surface area contributed by atoms with Crippen LogP contribution in [0.2, 0.25) is 0 Å². The molecule has 1 aliphatic rings. The van der Waals surface area contributed by atoms with Crippen LogP contribution in [0.5, 0.6) is 0 Å². The molecule has 19 heavy (non-hydrogen) atoms. The van der Waals surface area contributed by atoms with Crippen LogP contribution >= 0.6 is 0 Å². The average molecular weight is 273 g/mol. The topological polar surface area (TPSA) is 50.7 Å². The Morgan fingerprint density at radius 1 is 1.21 bits per heavy atom. The third kappa shape index (κ3) is 7.25. The van der Waals surface area contributed by atoms with Crippen LogP contribution in [0.1, 0.15) is 46.0 Å². The molecule has 4 heteroatoms. The molecule has 0 spiro atoms. The predicted molar refractivity (Wildman–Crippen MR) is 77.4 cm³/mol. The van der Waals surface area contributed by atoms with E-state index in [0.717, 1.165) is 6.54 Å². The summed E-state index contributed by atoms with van der Waals surface area (Å²) >= 11 is 0. The Balaban J connectivity index is 2.07. The van der Waals surface area contributed by atoms with Crippen molar-refractivity contribution in [2.45, 2.75) is 58.2 Å². The van der Waals surface area contributed by atoms with Gasteiger partial charge in [0.1, 0.15) is 0 Å². The minimum absolute atomic E-state index is 0.0375. The standard InChI is InChI=1S/C15H31NO3/c1-13(10-18-3)19-11-14(17)9-16-12-15(2)7-5-4-6-8-15/h13-14,16-17H,4-12H2,1-3H3. The van der Waals surface area contributed by atoms with Gasteiger partial charge in [-0.05, 0) is 25.2 Å². The zero-order valence-corrected chi connectivity index (χ0v) is 12.8. The van der Waals surface area contributed by atoms with Gasteiger partial charge in [-0.15, -0.1) is 0 Å². The average Bonchev–Trinajstić information content (AvgIpc) is 2.37. The summed E-state index contributed by atoms with van der Waals surface area (Å²) < 4.78 is 10.5. The summed E-state index contributed by atoms with van der Waals surface area (Å²) in [7, 11) is 1.66. The number of aliphatic hydroxyl groups excluding tert-OH is 1. The summed E-state index contributed by atoms with van der Waals surface area (Å²) in [4.78, 5) is 0. The Bertz CT molecular complexity index is 229. The lowest BCUT2D eigenvalue weighted by Gasteiger charge is -2.34. The Hall–Kier alpha value is -0.160. The van der Waals surface area contributed by atoms with Crippen molar-refractivity contribution in [2.75, 3.05) is 33.4 Å². The van der Waals surface area contributed by atoms with Gasteiger partial charge in [-0.1, -0.05) is 26.2 Å². The van der Waals surface area contributed by atoms with Gasteiger partial charge in [-0.2, -0.15) is 0 Å². The first-order chi connectivity index (χ1) is 9.06. The number of aliphatic hydroxyl groups is 1. The van der Waals surface area contributed by atoms with Crippen LogP contribution in [0.25, 0.3) is 0 Å². The van der Waals surface area contributed by atoms with Crippen LogP contribution in [0.3, 0.4) is 0 Å². The van der Waals surface area contributed by atoms with Gasteiger partial charge in [-0.25, -0.2) is 0 Å². The van der Waals surface area contributed by atoms with Gasteiger partial charge in [0.15, 0.2) is 0 Å². The SMILES string of the molecule is COCC(C)OCC(O)CNCC1(C)CCCCC1. The van der Waals surface area contributed by atoms with Gasteiger partial charge in [0, 0.05) is 20.2 Å². The van der Waals surface area contributed by atoms with Crippen molar-refractivity contribution in [3.63, 3.8) is 0 Å². The molecule has 114 valence electrons. The van der Waals surface area contributed by atoms with Crippen molar-refractivity contribution in [3.05, 3.63) is 0 Å². The smallest absolute Gasteiger partial charge is 0.0897 e. The fourth-order valence-electron chi connectivity index (χ4n) is 2.74. The molecular weight excluding hydrogens is 242 g/mol. The van der Waals surface area contributed by atoms with Crippen LogP contribution < -0.4 is 5.32 Å². The van der Waals surface area contributed by atoms with Crippen LogP contribution in [-0.2, 0) is 9.47 Å². The van der Waals surface area contributed by atoms with Crippen LogP contribution in [-0.4, -0.2) is 50.7 Å². The van der Waals surface area contributed by atoms with Crippen LogP contribution in [0, 0.1) is 5.41 Å². The van der Waals surface area contributed by atoms with E-state index < -0.39 is 6.10 Å². The first-order valence-corrected chi connectivity index (χ1v) is 7.55. The monoisotopic (exact) mass is 273 g/mol. The van der Waals surface area contributed by atoms with E-state index in [4.69, 9.17) is 9.47 Å². The van der Waals surface area contributed by atoms with Crippen molar-refractivity contribution in [1.82, 2.24) is 5.32 Å². The van der Waals surface area contributed by atoms with E-state index in [0.29, 0.717) is 25.2 Å². The molecule has 2 unspecified atom stereocenters. The van der Waals surface area contributed by atoms with Crippen LogP contribution in [0.15, 0.2) is 0 Å². The number of methoxy groups -OCH3 is 1. The van der Waals surface area contributed by atoms with Gasteiger partial charge < -0.3 is 19.9 Å². The van der Waals surface area contributed by atoms with Gasteiger partial charge >= 0.3 is 0 Å². The number of hydrogen-bond donors (Lipinski definition) is 2. The Kier molecular flexibility index (Phi) is 7.91. The normalized spacial score (nSPS) is 22.1. The summed E-state index contributed by atoms with van der Waals surface area (Å²) in [6.07, 6.45) is 6.27. The number of nitrogens with one attached hydrogen (secondary N) is 1. The minimum atomic E-state index is -0.438. The van der Waals surface area contributed by atoms with Crippen molar-refractivity contribution in [3.8, 4) is 0 Å². The largest absolute Gasteiger partial charge is 0.389 e. The Morgan fingerprint density at radius 3 is 2.53 bits per heavy atom. The fraction of sp³-hybridized carbons (Fsp3) is 1.00. The molecule has 2 N–H and O–H groups in total. The molecule has 2 atom stereocenters. The predicted octanol–water partition coefficient (Wildman–Crippen LogP) is 1.96. The second-order valence-electron chi connectivity index (χ2n) is 6.26. The molecule has 1 rings (SSSR count). The highest BCUT2D eigenvalue weighted by Crippen LogP contribution is 2.34. The molecule has 0 radical (unpaired) electrons. The van der Waals surface area contributed by atoms with E-state index >= 15 is 0 Å². The molecule has 0 aromatic carbocycles. The highest BCUT2D eigenvalue weighted by atomic mass is 16.5. The summed E-state index contributed by atoms with van der Waals surface area (Å²) in [5.41, 5.74) is 0.419. The minimum Gasteiger partial charge on any atom is -0.389 e. The second kappa shape index (κ2) is 8.90. The zero-order chi connectivity index (χ0) is 14.1. The molecule has 0 saturated heterocycles. The maximum atomic E-state index is 9.85. The Morgan fingerprint density at radius 2 is 1.89 bits per heavy atom. The molecule has 1 fully saturated rings. The van der Waals surface area contributed by atoms with E-state index in [2.05, 4.69) is 12.2 Å². The van der Waals surface area contributed by atoms with E-state index in [1.165, 1.54) is 32.1 Å². The fourth-order valence-corrected chi connectivity index (χ4v) is 2.74. The first-order valence-electron chi connectivity index (χ1n) is 7.55. The van der Waals surface area contributed by atoms with Crippen molar-refractivity contribution < 1.29 is 14.6 Å². The molecule has 1 saturated carbocycles. The first kappa shape index (κ1) is 16.9. The second-order valence-corrected chi connectivity index (χ2v) is 6.26. The molecule has 0 aromatic heterocycles. The highest BCUT2D eigenvalue weighted by Gasteiger charge is 2.26. The lowest BCUT2D eigenvalue weighted by Crippen LogP contribution is -2.39. The van der Waals surface area contributed by atoms with Crippen molar-refractivity contribution >= 4 is 0 Å². The van der Waals surface area contributed by atoms with Crippen molar-refractivity contribution in [2.24, 2.45) is 5.41 Å². The lowest BCUT2D eigenvalue weighted by atomic mass is 9.76. The third-order valence-electron chi connectivity index (χ3n) is 3.97. The number of rotatable bonds is 9. The summed E-state index contributed by atoms with van der Waals surface area (Å²) in [5.74, 6) is 0. The van der Waals surface area contributed by atoms with Gasteiger partial charge in [-0.3, -0.25) is 0 Å². The molecule has 0 aromatic rings. The molecule has 0 heterocycles. The molecule has 0 amide bonds. The lowest BCUT2D eigenvalue weighted by molar-refractivity contribution is -0.0316. The number of ether oxygens (including phenoxy) is 2. The molecule has 0 aliphatic heterocycles. The highest BCUT2D eigenvalue weighted by molar-refractivity contribution is 4.80. The molecule has 0 bridgehead atoms. The molecule has 1 aliphatic carbocycles. The van der Waals surface area contributed by atoms with Crippen molar-refractivity contribution in [1.29, 1.82) is 0 Å². The van der Waals surface area contributed by atoms with Gasteiger partial charge in [0.05, 0.1) is 25.4 Å². The molecular formula is C15H31NO3. The van der Waals surface area contributed by atoms with Crippen LogP contribution in [0.4, 0.5) is 0 Å². The van der Waals surface area contributed by atoms with E-state index in [9.17, 15) is 5.11 Å². The quantitative estimate of drug-likeness (QED) is 0.674.